The van der Waals surface area contributed by atoms with Crippen molar-refractivity contribution in [2.24, 2.45) is 7.05 Å². The van der Waals surface area contributed by atoms with Crippen LogP contribution in [0.4, 0.5) is 0 Å². The van der Waals surface area contributed by atoms with Crippen molar-refractivity contribution in [1.82, 2.24) is 15.1 Å². The zero-order valence-corrected chi connectivity index (χ0v) is 13.3. The molecule has 0 aliphatic rings. The third-order valence-corrected chi connectivity index (χ3v) is 3.86. The highest BCUT2D eigenvalue weighted by Gasteiger charge is 2.14. The standard InChI is InChI=1S/C15H21N3OS/c1-5-16-10-14-11(2)17-18(3)15(14)19-12-6-8-13(20-4)9-7-12/h6-9,16H,5,10H2,1-4H3. The molecule has 0 saturated carbocycles. The summed E-state index contributed by atoms with van der Waals surface area (Å²) in [6, 6.07) is 8.11. The highest BCUT2D eigenvalue weighted by atomic mass is 32.2. The average molecular weight is 291 g/mol. The van der Waals surface area contributed by atoms with Crippen molar-refractivity contribution in [3.8, 4) is 11.6 Å². The van der Waals surface area contributed by atoms with E-state index in [1.807, 2.05) is 26.1 Å². The van der Waals surface area contributed by atoms with Crippen LogP contribution in [0.15, 0.2) is 29.2 Å². The molecule has 0 radical (unpaired) electrons. The lowest BCUT2D eigenvalue weighted by Crippen LogP contribution is -2.12. The maximum absolute atomic E-state index is 6.01. The Kier molecular flexibility index (Phi) is 5.09. The van der Waals surface area contributed by atoms with Crippen molar-refractivity contribution in [2.45, 2.75) is 25.3 Å². The van der Waals surface area contributed by atoms with E-state index in [0.717, 1.165) is 36.0 Å². The van der Waals surface area contributed by atoms with Crippen LogP contribution in [-0.4, -0.2) is 22.6 Å². The first kappa shape index (κ1) is 14.9. The molecule has 0 aliphatic heterocycles. The molecule has 0 spiro atoms. The molecular weight excluding hydrogens is 270 g/mol. The van der Waals surface area contributed by atoms with Crippen molar-refractivity contribution >= 4 is 11.8 Å². The minimum Gasteiger partial charge on any atom is -0.439 e. The van der Waals surface area contributed by atoms with Gasteiger partial charge in [0.25, 0.3) is 0 Å². The summed E-state index contributed by atoms with van der Waals surface area (Å²) in [5.41, 5.74) is 2.12. The molecule has 1 aromatic carbocycles. The third kappa shape index (κ3) is 3.35. The lowest BCUT2D eigenvalue weighted by Gasteiger charge is -2.09. The van der Waals surface area contributed by atoms with Gasteiger partial charge in [0.15, 0.2) is 0 Å². The zero-order valence-electron chi connectivity index (χ0n) is 12.4. The quantitative estimate of drug-likeness (QED) is 0.828. The van der Waals surface area contributed by atoms with E-state index >= 15 is 0 Å². The molecule has 0 amide bonds. The van der Waals surface area contributed by atoms with Crippen LogP contribution < -0.4 is 10.1 Å². The molecule has 2 rings (SSSR count). The monoisotopic (exact) mass is 291 g/mol. The second kappa shape index (κ2) is 6.81. The fourth-order valence-corrected chi connectivity index (χ4v) is 2.43. The first-order chi connectivity index (χ1) is 9.65. The summed E-state index contributed by atoms with van der Waals surface area (Å²) in [6.45, 7) is 5.80. The molecule has 0 aliphatic carbocycles. The summed E-state index contributed by atoms with van der Waals surface area (Å²) < 4.78 is 7.80. The molecule has 2 aromatic rings. The molecule has 1 heterocycles. The molecule has 1 aromatic heterocycles. The van der Waals surface area contributed by atoms with Gasteiger partial charge in [-0.15, -0.1) is 11.8 Å². The minimum atomic E-state index is 0.772. The second-order valence-corrected chi connectivity index (χ2v) is 5.43. The summed E-state index contributed by atoms with van der Waals surface area (Å²) in [6.07, 6.45) is 2.06. The van der Waals surface area contributed by atoms with Gasteiger partial charge in [-0.1, -0.05) is 6.92 Å². The molecule has 0 bridgehead atoms. The zero-order chi connectivity index (χ0) is 14.5. The summed E-state index contributed by atoms with van der Waals surface area (Å²) >= 11 is 1.72. The molecule has 0 fully saturated rings. The Labute approximate surface area is 124 Å². The SMILES string of the molecule is CCNCc1c(C)nn(C)c1Oc1ccc(SC)cc1. The Bertz CT molecular complexity index is 563. The highest BCUT2D eigenvalue weighted by Crippen LogP contribution is 2.28. The molecule has 5 heteroatoms. The smallest absolute Gasteiger partial charge is 0.222 e. The Hall–Kier alpha value is -1.46. The van der Waals surface area contributed by atoms with Crippen molar-refractivity contribution in [1.29, 1.82) is 0 Å². The summed E-state index contributed by atoms with van der Waals surface area (Å²) in [5.74, 6) is 1.64. The highest BCUT2D eigenvalue weighted by molar-refractivity contribution is 7.98. The minimum absolute atomic E-state index is 0.772. The number of hydrogen-bond donors (Lipinski definition) is 1. The van der Waals surface area contributed by atoms with E-state index in [1.165, 1.54) is 4.90 Å². The maximum atomic E-state index is 6.01. The fraction of sp³-hybridized carbons (Fsp3) is 0.400. The third-order valence-electron chi connectivity index (χ3n) is 3.11. The number of nitrogens with zero attached hydrogens (tertiary/aromatic N) is 2. The Morgan fingerprint density at radius 2 is 2.00 bits per heavy atom. The van der Waals surface area contributed by atoms with E-state index in [9.17, 15) is 0 Å². The predicted octanol–water partition coefficient (Wildman–Crippen LogP) is 3.35. The van der Waals surface area contributed by atoms with Crippen LogP contribution in [0.1, 0.15) is 18.2 Å². The van der Waals surface area contributed by atoms with Gasteiger partial charge in [-0.2, -0.15) is 5.10 Å². The number of rotatable bonds is 6. The normalized spacial score (nSPS) is 10.8. The number of nitrogens with one attached hydrogen (secondary N) is 1. The molecule has 108 valence electrons. The van der Waals surface area contributed by atoms with Crippen LogP contribution in [0.2, 0.25) is 0 Å². The molecule has 0 atom stereocenters. The Morgan fingerprint density at radius 3 is 2.60 bits per heavy atom. The Morgan fingerprint density at radius 1 is 1.30 bits per heavy atom. The fourth-order valence-electron chi connectivity index (χ4n) is 2.02. The van der Waals surface area contributed by atoms with Crippen LogP contribution in [0.3, 0.4) is 0 Å². The number of hydrogen-bond acceptors (Lipinski definition) is 4. The second-order valence-electron chi connectivity index (χ2n) is 4.55. The molecular formula is C15H21N3OS. The van der Waals surface area contributed by atoms with Crippen molar-refractivity contribution in [3.63, 3.8) is 0 Å². The van der Waals surface area contributed by atoms with E-state index in [0.29, 0.717) is 0 Å². The number of aromatic nitrogens is 2. The first-order valence-electron chi connectivity index (χ1n) is 6.70. The van der Waals surface area contributed by atoms with Crippen molar-refractivity contribution in [2.75, 3.05) is 12.8 Å². The first-order valence-corrected chi connectivity index (χ1v) is 7.93. The van der Waals surface area contributed by atoms with Gasteiger partial charge in [0.1, 0.15) is 5.75 Å². The van der Waals surface area contributed by atoms with E-state index in [4.69, 9.17) is 4.74 Å². The van der Waals surface area contributed by atoms with Gasteiger partial charge in [0, 0.05) is 18.5 Å². The Balaban J connectivity index is 2.22. The number of ether oxygens (including phenoxy) is 1. The van der Waals surface area contributed by atoms with Crippen LogP contribution in [0.25, 0.3) is 0 Å². The maximum Gasteiger partial charge on any atom is 0.222 e. The lowest BCUT2D eigenvalue weighted by molar-refractivity contribution is 0.424. The van der Waals surface area contributed by atoms with Gasteiger partial charge in [-0.3, -0.25) is 0 Å². The van der Waals surface area contributed by atoms with Crippen LogP contribution in [-0.2, 0) is 13.6 Å². The van der Waals surface area contributed by atoms with Crippen LogP contribution in [0.5, 0.6) is 11.6 Å². The van der Waals surface area contributed by atoms with Gasteiger partial charge < -0.3 is 10.1 Å². The molecule has 0 saturated heterocycles. The average Bonchev–Trinajstić information content (AvgIpc) is 2.72. The molecule has 0 unspecified atom stereocenters. The summed E-state index contributed by atoms with van der Waals surface area (Å²) in [7, 11) is 1.91. The van der Waals surface area contributed by atoms with Crippen molar-refractivity contribution < 1.29 is 4.74 Å². The van der Waals surface area contributed by atoms with Gasteiger partial charge in [0.2, 0.25) is 5.88 Å². The largest absolute Gasteiger partial charge is 0.439 e. The van der Waals surface area contributed by atoms with Crippen LogP contribution >= 0.6 is 11.8 Å². The van der Waals surface area contributed by atoms with E-state index in [1.54, 1.807) is 16.4 Å². The van der Waals surface area contributed by atoms with Gasteiger partial charge >= 0.3 is 0 Å². The molecule has 1 N–H and O–H groups in total. The van der Waals surface area contributed by atoms with Gasteiger partial charge in [-0.25, -0.2) is 4.68 Å². The lowest BCUT2D eigenvalue weighted by atomic mass is 10.2. The van der Waals surface area contributed by atoms with Gasteiger partial charge in [-0.05, 0) is 44.0 Å². The summed E-state index contributed by atoms with van der Waals surface area (Å²) in [5, 5.41) is 7.77. The van der Waals surface area contributed by atoms with Gasteiger partial charge in [0.05, 0.1) is 11.3 Å². The number of aryl methyl sites for hydroxylation is 2. The van der Waals surface area contributed by atoms with Crippen molar-refractivity contribution in [3.05, 3.63) is 35.5 Å². The van der Waals surface area contributed by atoms with E-state index in [-0.39, 0.29) is 0 Å². The van der Waals surface area contributed by atoms with Crippen LogP contribution in [0, 0.1) is 6.92 Å². The number of benzene rings is 1. The molecule has 20 heavy (non-hydrogen) atoms. The van der Waals surface area contributed by atoms with E-state index < -0.39 is 0 Å². The number of thioether (sulfide) groups is 1. The molecule has 4 nitrogen and oxygen atoms in total. The topological polar surface area (TPSA) is 39.1 Å². The van der Waals surface area contributed by atoms with E-state index in [2.05, 4.69) is 35.7 Å². The predicted molar refractivity (Wildman–Crippen MR) is 83.6 cm³/mol. The summed E-state index contributed by atoms with van der Waals surface area (Å²) in [4.78, 5) is 1.23.